The van der Waals surface area contributed by atoms with Crippen LogP contribution < -0.4 is 10.2 Å². The van der Waals surface area contributed by atoms with Crippen molar-refractivity contribution >= 4 is 23.2 Å². The maximum Gasteiger partial charge on any atom is 0.417 e. The van der Waals surface area contributed by atoms with Crippen LogP contribution in [0.15, 0.2) is 37.1 Å². The second kappa shape index (κ2) is 7.97. The Hall–Kier alpha value is -1.95. The van der Waals surface area contributed by atoms with Gasteiger partial charge in [-0.25, -0.2) is 0 Å². The van der Waals surface area contributed by atoms with E-state index in [1.54, 1.807) is 0 Å². The molecule has 0 aliphatic carbocycles. The summed E-state index contributed by atoms with van der Waals surface area (Å²) in [5.74, 6) is -0.561. The number of nitrogens with one attached hydrogen (secondary N) is 1. The number of carbonyl (C=O) groups excluding carboxylic acids is 1. The van der Waals surface area contributed by atoms with Crippen molar-refractivity contribution in [3.63, 3.8) is 0 Å². The maximum absolute atomic E-state index is 13.4. The van der Waals surface area contributed by atoms with Crippen LogP contribution in [-0.4, -0.2) is 19.0 Å². The van der Waals surface area contributed by atoms with Gasteiger partial charge >= 0.3 is 6.18 Å². The molecule has 7 heteroatoms. The summed E-state index contributed by atoms with van der Waals surface area (Å²) in [5.41, 5.74) is -0.247. The minimum atomic E-state index is -4.60. The lowest BCUT2D eigenvalue weighted by atomic mass is 9.85. The average Bonchev–Trinajstić information content (AvgIpc) is 2.74. The normalized spacial score (nSPS) is 17.2. The smallest absolute Gasteiger partial charge is 0.371 e. The highest BCUT2D eigenvalue weighted by atomic mass is 35.5. The molecule has 0 unspecified atom stereocenters. The molecule has 1 N–H and O–H groups in total. The Morgan fingerprint density at radius 3 is 2.56 bits per heavy atom. The van der Waals surface area contributed by atoms with Crippen LogP contribution in [0.5, 0.6) is 0 Å². The van der Waals surface area contributed by atoms with Gasteiger partial charge < -0.3 is 10.2 Å². The van der Waals surface area contributed by atoms with Gasteiger partial charge in [-0.15, -0.1) is 0 Å². The van der Waals surface area contributed by atoms with Crippen molar-refractivity contribution in [2.75, 3.05) is 18.0 Å². The van der Waals surface area contributed by atoms with Crippen LogP contribution in [0.2, 0.25) is 5.02 Å². The molecular formula is C20H24ClF3N2O. The fourth-order valence-corrected chi connectivity index (χ4v) is 3.42. The van der Waals surface area contributed by atoms with Crippen molar-refractivity contribution in [1.82, 2.24) is 5.32 Å². The van der Waals surface area contributed by atoms with Crippen LogP contribution in [0.25, 0.3) is 0 Å². The second-order valence-electron chi connectivity index (χ2n) is 7.54. The van der Waals surface area contributed by atoms with Crippen LogP contribution in [0, 0.1) is 5.41 Å². The first kappa shape index (κ1) is 21.4. The molecule has 1 aliphatic heterocycles. The van der Waals surface area contributed by atoms with Crippen LogP contribution in [0.3, 0.4) is 0 Å². The van der Waals surface area contributed by atoms with E-state index in [0.717, 1.165) is 31.4 Å². The second-order valence-corrected chi connectivity index (χ2v) is 7.94. The topological polar surface area (TPSA) is 32.3 Å². The zero-order valence-electron chi connectivity index (χ0n) is 15.5. The van der Waals surface area contributed by atoms with Gasteiger partial charge in [0.15, 0.2) is 0 Å². The molecule has 148 valence electrons. The summed E-state index contributed by atoms with van der Waals surface area (Å²) in [6.45, 7) is 12.5. The lowest BCUT2D eigenvalue weighted by molar-refractivity contribution is -0.137. The van der Waals surface area contributed by atoms with E-state index < -0.39 is 22.7 Å². The van der Waals surface area contributed by atoms with Crippen molar-refractivity contribution in [1.29, 1.82) is 0 Å². The summed E-state index contributed by atoms with van der Waals surface area (Å²) in [6.07, 6.45) is -0.624. The Kier molecular flexibility index (Phi) is 6.30. The molecule has 1 fully saturated rings. The lowest BCUT2D eigenvalue weighted by Gasteiger charge is -2.28. The van der Waals surface area contributed by atoms with Gasteiger partial charge in [0.2, 0.25) is 0 Å². The van der Waals surface area contributed by atoms with Crippen LogP contribution in [-0.2, 0) is 6.18 Å². The zero-order chi connectivity index (χ0) is 20.4. The average molecular weight is 401 g/mol. The summed E-state index contributed by atoms with van der Waals surface area (Å²) < 4.78 is 40.1. The Balaban J connectivity index is 2.52. The minimum Gasteiger partial charge on any atom is -0.371 e. The molecule has 1 aliphatic rings. The molecule has 3 nitrogen and oxygen atoms in total. The largest absolute Gasteiger partial charge is 0.417 e. The highest BCUT2D eigenvalue weighted by Gasteiger charge is 2.36. The third-order valence-corrected chi connectivity index (χ3v) is 5.15. The molecule has 0 radical (unpaired) electrons. The Morgan fingerprint density at radius 1 is 1.30 bits per heavy atom. The predicted molar refractivity (Wildman–Crippen MR) is 103 cm³/mol. The quantitative estimate of drug-likeness (QED) is 0.647. The van der Waals surface area contributed by atoms with E-state index in [1.807, 2.05) is 4.90 Å². The molecule has 1 aromatic rings. The zero-order valence-corrected chi connectivity index (χ0v) is 16.3. The lowest BCUT2D eigenvalue weighted by Crippen LogP contribution is -2.30. The Morgan fingerprint density at radius 2 is 1.96 bits per heavy atom. The van der Waals surface area contributed by atoms with Crippen molar-refractivity contribution in [3.05, 3.63) is 53.2 Å². The highest BCUT2D eigenvalue weighted by Crippen LogP contribution is 2.40. The number of hydrogen-bond acceptors (Lipinski definition) is 2. The van der Waals surface area contributed by atoms with Crippen LogP contribution in [0.4, 0.5) is 18.9 Å². The van der Waals surface area contributed by atoms with E-state index in [1.165, 1.54) is 6.08 Å². The van der Waals surface area contributed by atoms with Crippen molar-refractivity contribution in [2.24, 2.45) is 5.41 Å². The Bertz CT molecular complexity index is 756. The molecule has 0 saturated carbocycles. The van der Waals surface area contributed by atoms with Gasteiger partial charge in [-0.2, -0.15) is 13.2 Å². The first-order valence-corrected chi connectivity index (χ1v) is 9.11. The van der Waals surface area contributed by atoms with Gasteiger partial charge in [0.05, 0.1) is 21.8 Å². The van der Waals surface area contributed by atoms with E-state index in [2.05, 4.69) is 32.3 Å². The number of anilines is 1. The number of halogens is 4. The van der Waals surface area contributed by atoms with Crippen LogP contribution in [0.1, 0.15) is 49.0 Å². The third-order valence-electron chi connectivity index (χ3n) is 4.84. The molecule has 1 heterocycles. The molecule has 0 atom stereocenters. The van der Waals surface area contributed by atoms with E-state index in [0.29, 0.717) is 13.1 Å². The first-order chi connectivity index (χ1) is 12.4. The fourth-order valence-electron chi connectivity index (χ4n) is 3.15. The number of rotatable bonds is 4. The highest BCUT2D eigenvalue weighted by molar-refractivity contribution is 6.32. The van der Waals surface area contributed by atoms with Crippen molar-refractivity contribution in [2.45, 2.75) is 39.3 Å². The summed E-state index contributed by atoms with van der Waals surface area (Å²) in [5, 5.41) is 2.02. The van der Waals surface area contributed by atoms with Gasteiger partial charge in [-0.05, 0) is 42.9 Å². The van der Waals surface area contributed by atoms with Gasteiger partial charge in [0, 0.05) is 18.8 Å². The summed E-state index contributed by atoms with van der Waals surface area (Å²) in [7, 11) is 0. The molecule has 2 rings (SSSR count). The molecule has 1 aromatic carbocycles. The third kappa shape index (κ3) is 5.28. The fraction of sp³-hybridized carbons (Fsp3) is 0.450. The molecule has 0 spiro atoms. The molecule has 27 heavy (non-hydrogen) atoms. The Labute approximate surface area is 162 Å². The first-order valence-electron chi connectivity index (χ1n) is 8.73. The summed E-state index contributed by atoms with van der Waals surface area (Å²) >= 11 is 5.86. The monoisotopic (exact) mass is 400 g/mol. The summed E-state index contributed by atoms with van der Waals surface area (Å²) in [4.78, 5) is 14.5. The number of amides is 1. The van der Waals surface area contributed by atoms with Gasteiger partial charge in [-0.3, -0.25) is 4.79 Å². The summed E-state index contributed by atoms with van der Waals surface area (Å²) in [6, 6.07) is 2.06. The molecule has 1 amide bonds. The molecule has 1 saturated heterocycles. The number of nitrogens with zero attached hydrogens (tertiary/aromatic N) is 1. The number of alkyl halides is 3. The number of carbonyl (C=O) groups is 1. The SMILES string of the molecule is C=CC(=C)NC(=O)c1cc(Cl)c(C(F)(F)F)cc1N1CCCC(C)(C)CC1. The number of hydrogen-bond donors (Lipinski definition) is 1. The van der Waals surface area contributed by atoms with E-state index in [4.69, 9.17) is 11.6 Å². The van der Waals surface area contributed by atoms with Crippen molar-refractivity contribution < 1.29 is 18.0 Å². The number of benzene rings is 1. The molecule has 0 bridgehead atoms. The van der Waals surface area contributed by atoms with Gasteiger partial charge in [0.1, 0.15) is 0 Å². The number of allylic oxidation sites excluding steroid dienone is 1. The predicted octanol–water partition coefficient (Wildman–Crippen LogP) is 5.80. The minimum absolute atomic E-state index is 0.0932. The maximum atomic E-state index is 13.4. The molecule has 0 aromatic heterocycles. The van der Waals surface area contributed by atoms with Gasteiger partial charge in [-0.1, -0.05) is 38.6 Å². The van der Waals surface area contributed by atoms with Crippen LogP contribution >= 0.6 is 11.6 Å². The van der Waals surface area contributed by atoms with E-state index in [-0.39, 0.29) is 22.4 Å². The standard InChI is InChI=1S/C20H24ClF3N2O/c1-5-13(2)25-18(27)14-11-16(21)15(20(22,23)24)12-17(14)26-9-6-7-19(3,4)8-10-26/h5,11-12H,1-2,6-10H2,3-4H3,(H,25,27). The van der Waals surface area contributed by atoms with E-state index >= 15 is 0 Å². The van der Waals surface area contributed by atoms with Gasteiger partial charge in [0.25, 0.3) is 5.91 Å². The van der Waals surface area contributed by atoms with Crippen molar-refractivity contribution in [3.8, 4) is 0 Å². The molecular weight excluding hydrogens is 377 g/mol. The van der Waals surface area contributed by atoms with E-state index in [9.17, 15) is 18.0 Å².